The number of urea groups is 1. The number of rotatable bonds is 5. The number of aliphatic hydroxyl groups excluding tert-OH is 1. The minimum Gasteiger partial charge on any atom is -0.389 e. The molecule has 1 heterocycles. The number of piperidine rings is 1. The van der Waals surface area contributed by atoms with Crippen molar-refractivity contribution in [2.75, 3.05) is 33.4 Å². The SMILES string of the molecule is COCC(O)CNC1CCN(C(N)=O)CC1. The number of nitrogens with two attached hydrogens (primary N) is 1. The van der Waals surface area contributed by atoms with Gasteiger partial charge in [-0.05, 0) is 12.8 Å². The highest BCUT2D eigenvalue weighted by Crippen LogP contribution is 2.09. The third-order valence-electron chi connectivity index (χ3n) is 2.81. The first-order valence-electron chi connectivity index (χ1n) is 5.58. The number of aliphatic hydroxyl groups is 1. The van der Waals surface area contributed by atoms with E-state index in [0.717, 1.165) is 12.8 Å². The average molecular weight is 231 g/mol. The minimum atomic E-state index is -0.473. The number of amides is 2. The number of likely N-dealkylation sites (tertiary alicyclic amines) is 1. The van der Waals surface area contributed by atoms with Gasteiger partial charge in [-0.2, -0.15) is 0 Å². The summed E-state index contributed by atoms with van der Waals surface area (Å²) in [5.41, 5.74) is 5.18. The number of hydrogen-bond acceptors (Lipinski definition) is 4. The molecule has 6 nitrogen and oxygen atoms in total. The third kappa shape index (κ3) is 4.34. The molecule has 0 spiro atoms. The van der Waals surface area contributed by atoms with Gasteiger partial charge in [-0.15, -0.1) is 0 Å². The van der Waals surface area contributed by atoms with Gasteiger partial charge in [0.1, 0.15) is 0 Å². The molecule has 1 saturated heterocycles. The molecule has 1 aliphatic rings. The van der Waals surface area contributed by atoms with Crippen LogP contribution in [0.25, 0.3) is 0 Å². The van der Waals surface area contributed by atoms with E-state index in [1.54, 1.807) is 12.0 Å². The number of methoxy groups -OCH3 is 1. The maximum Gasteiger partial charge on any atom is 0.314 e. The van der Waals surface area contributed by atoms with E-state index >= 15 is 0 Å². The van der Waals surface area contributed by atoms with Gasteiger partial charge in [0, 0.05) is 32.8 Å². The second-order valence-electron chi connectivity index (χ2n) is 4.12. The van der Waals surface area contributed by atoms with Crippen molar-refractivity contribution < 1.29 is 14.6 Å². The Balaban J connectivity index is 2.14. The van der Waals surface area contributed by atoms with Gasteiger partial charge >= 0.3 is 6.03 Å². The van der Waals surface area contributed by atoms with Crippen LogP contribution >= 0.6 is 0 Å². The number of primary amides is 1. The van der Waals surface area contributed by atoms with Crippen molar-refractivity contribution in [1.82, 2.24) is 10.2 Å². The van der Waals surface area contributed by atoms with Gasteiger partial charge in [-0.1, -0.05) is 0 Å². The molecule has 0 saturated carbocycles. The molecule has 0 aromatic heterocycles. The Hall–Kier alpha value is -0.850. The molecular weight excluding hydrogens is 210 g/mol. The Labute approximate surface area is 95.7 Å². The van der Waals surface area contributed by atoms with E-state index in [4.69, 9.17) is 10.5 Å². The van der Waals surface area contributed by atoms with Gasteiger partial charge in [0.15, 0.2) is 0 Å². The maximum absolute atomic E-state index is 10.9. The van der Waals surface area contributed by atoms with Gasteiger partial charge in [-0.3, -0.25) is 0 Å². The largest absolute Gasteiger partial charge is 0.389 e. The molecule has 1 rings (SSSR count). The Bertz CT molecular complexity index is 217. The van der Waals surface area contributed by atoms with Crippen molar-refractivity contribution in [3.8, 4) is 0 Å². The lowest BCUT2D eigenvalue weighted by Crippen LogP contribution is -2.48. The van der Waals surface area contributed by atoms with Crippen LogP contribution in [0.4, 0.5) is 4.79 Å². The van der Waals surface area contributed by atoms with E-state index in [0.29, 0.717) is 32.3 Å². The number of carbonyl (C=O) groups is 1. The predicted molar refractivity (Wildman–Crippen MR) is 60.1 cm³/mol. The van der Waals surface area contributed by atoms with Crippen LogP contribution in [0.2, 0.25) is 0 Å². The molecule has 4 N–H and O–H groups in total. The van der Waals surface area contributed by atoms with Crippen molar-refractivity contribution in [2.45, 2.75) is 25.0 Å². The summed E-state index contributed by atoms with van der Waals surface area (Å²) >= 11 is 0. The lowest BCUT2D eigenvalue weighted by Gasteiger charge is -2.31. The fraction of sp³-hybridized carbons (Fsp3) is 0.900. The van der Waals surface area contributed by atoms with Crippen LogP contribution in [0, 0.1) is 0 Å². The summed E-state index contributed by atoms with van der Waals surface area (Å²) in [7, 11) is 1.56. The first-order valence-corrected chi connectivity index (χ1v) is 5.58. The topological polar surface area (TPSA) is 87.8 Å². The Kier molecular flexibility index (Phi) is 5.51. The molecule has 0 aromatic rings. The van der Waals surface area contributed by atoms with Gasteiger partial charge in [-0.25, -0.2) is 4.79 Å². The van der Waals surface area contributed by atoms with Crippen molar-refractivity contribution in [2.24, 2.45) is 5.73 Å². The molecular formula is C10H21N3O3. The van der Waals surface area contributed by atoms with Crippen LogP contribution in [-0.2, 0) is 4.74 Å². The lowest BCUT2D eigenvalue weighted by atomic mass is 10.1. The van der Waals surface area contributed by atoms with Crippen LogP contribution in [0.5, 0.6) is 0 Å². The highest BCUT2D eigenvalue weighted by atomic mass is 16.5. The first-order chi connectivity index (χ1) is 7.63. The maximum atomic E-state index is 10.9. The minimum absolute atomic E-state index is 0.340. The third-order valence-corrected chi connectivity index (χ3v) is 2.81. The van der Waals surface area contributed by atoms with Gasteiger partial charge < -0.3 is 25.8 Å². The molecule has 1 atom stereocenters. The Morgan fingerprint density at radius 2 is 2.25 bits per heavy atom. The van der Waals surface area contributed by atoms with Crippen molar-refractivity contribution in [3.63, 3.8) is 0 Å². The molecule has 16 heavy (non-hydrogen) atoms. The zero-order chi connectivity index (χ0) is 12.0. The van der Waals surface area contributed by atoms with E-state index in [1.165, 1.54) is 0 Å². The average Bonchev–Trinajstić information content (AvgIpc) is 2.27. The molecule has 0 bridgehead atoms. The van der Waals surface area contributed by atoms with Gasteiger partial charge in [0.05, 0.1) is 12.7 Å². The second kappa shape index (κ2) is 6.67. The molecule has 6 heteroatoms. The Morgan fingerprint density at radius 3 is 2.75 bits per heavy atom. The van der Waals surface area contributed by atoms with E-state index < -0.39 is 6.10 Å². The molecule has 94 valence electrons. The van der Waals surface area contributed by atoms with Crippen molar-refractivity contribution in [3.05, 3.63) is 0 Å². The predicted octanol–water partition coefficient (Wildman–Crippen LogP) is -0.874. The summed E-state index contributed by atoms with van der Waals surface area (Å²) in [6.07, 6.45) is 1.28. The zero-order valence-corrected chi connectivity index (χ0v) is 9.69. The van der Waals surface area contributed by atoms with E-state index in [1.807, 2.05) is 0 Å². The fourth-order valence-electron chi connectivity index (χ4n) is 1.86. The standard InChI is InChI=1S/C10H21N3O3/c1-16-7-9(14)6-12-8-2-4-13(5-3-8)10(11)15/h8-9,12,14H,2-7H2,1H3,(H2,11,15). The lowest BCUT2D eigenvalue weighted by molar-refractivity contribution is 0.0609. The van der Waals surface area contributed by atoms with E-state index in [2.05, 4.69) is 5.32 Å². The summed E-state index contributed by atoms with van der Waals surface area (Å²) in [6, 6.07) is -0.0000242. The number of nitrogens with zero attached hydrogens (tertiary/aromatic N) is 1. The van der Waals surface area contributed by atoms with Crippen molar-refractivity contribution >= 4 is 6.03 Å². The number of nitrogens with one attached hydrogen (secondary N) is 1. The monoisotopic (exact) mass is 231 g/mol. The van der Waals surface area contributed by atoms with Crippen LogP contribution in [-0.4, -0.2) is 61.5 Å². The molecule has 0 aliphatic carbocycles. The highest BCUT2D eigenvalue weighted by Gasteiger charge is 2.21. The molecule has 1 unspecified atom stereocenters. The second-order valence-corrected chi connectivity index (χ2v) is 4.12. The number of carbonyl (C=O) groups excluding carboxylic acids is 1. The zero-order valence-electron chi connectivity index (χ0n) is 9.69. The molecule has 1 fully saturated rings. The van der Waals surface area contributed by atoms with Crippen LogP contribution < -0.4 is 11.1 Å². The molecule has 0 aromatic carbocycles. The van der Waals surface area contributed by atoms with Crippen LogP contribution in [0.3, 0.4) is 0 Å². The summed E-state index contributed by atoms with van der Waals surface area (Å²) in [6.45, 7) is 2.24. The van der Waals surface area contributed by atoms with Crippen LogP contribution in [0.15, 0.2) is 0 Å². The van der Waals surface area contributed by atoms with E-state index in [-0.39, 0.29) is 6.03 Å². The normalized spacial score (nSPS) is 19.8. The van der Waals surface area contributed by atoms with Crippen molar-refractivity contribution in [1.29, 1.82) is 0 Å². The number of ether oxygens (including phenoxy) is 1. The molecule has 2 amide bonds. The number of hydrogen-bond donors (Lipinski definition) is 3. The summed E-state index contributed by atoms with van der Waals surface area (Å²) < 4.78 is 4.83. The summed E-state index contributed by atoms with van der Waals surface area (Å²) in [4.78, 5) is 12.5. The quantitative estimate of drug-likeness (QED) is 0.574. The highest BCUT2D eigenvalue weighted by molar-refractivity contribution is 5.72. The smallest absolute Gasteiger partial charge is 0.314 e. The first kappa shape index (κ1) is 13.2. The summed E-state index contributed by atoms with van der Waals surface area (Å²) in [5, 5.41) is 12.7. The Morgan fingerprint density at radius 1 is 1.62 bits per heavy atom. The molecule has 1 aliphatic heterocycles. The van der Waals surface area contributed by atoms with Gasteiger partial charge in [0.25, 0.3) is 0 Å². The summed E-state index contributed by atoms with van der Waals surface area (Å²) in [5.74, 6) is 0. The molecule has 0 radical (unpaired) electrons. The van der Waals surface area contributed by atoms with E-state index in [9.17, 15) is 9.90 Å². The van der Waals surface area contributed by atoms with Crippen LogP contribution in [0.1, 0.15) is 12.8 Å². The van der Waals surface area contributed by atoms with Gasteiger partial charge in [0.2, 0.25) is 0 Å². The fourth-order valence-corrected chi connectivity index (χ4v) is 1.86.